The van der Waals surface area contributed by atoms with E-state index in [0.717, 1.165) is 17.8 Å². The SMILES string of the molecule is ClC(c1sccc1Br)C12CC3CC(CC(C3)C1)C2. The minimum Gasteiger partial charge on any atom is -0.146 e. The fourth-order valence-corrected chi connectivity index (χ4v) is 7.64. The lowest BCUT2D eigenvalue weighted by atomic mass is 9.48. The number of alkyl halides is 1. The third-order valence-corrected chi connectivity index (χ3v) is 8.24. The molecule has 1 aromatic rings. The molecule has 0 N–H and O–H groups in total. The van der Waals surface area contributed by atoms with E-state index in [-0.39, 0.29) is 5.38 Å². The Bertz CT molecular complexity index is 432. The molecule has 98 valence electrons. The number of thiophene rings is 1. The summed E-state index contributed by atoms with van der Waals surface area (Å²) >= 11 is 12.5. The highest BCUT2D eigenvalue weighted by molar-refractivity contribution is 9.10. The fraction of sp³-hybridized carbons (Fsp3) is 0.733. The molecule has 0 radical (unpaired) electrons. The highest BCUT2D eigenvalue weighted by Crippen LogP contribution is 2.66. The summed E-state index contributed by atoms with van der Waals surface area (Å²) in [6.45, 7) is 0. The van der Waals surface area contributed by atoms with Crippen molar-refractivity contribution in [1.82, 2.24) is 0 Å². The Balaban J connectivity index is 1.69. The predicted octanol–water partition coefficient (Wildman–Crippen LogP) is 6.01. The van der Waals surface area contributed by atoms with E-state index in [2.05, 4.69) is 27.4 Å². The maximum atomic E-state index is 6.95. The van der Waals surface area contributed by atoms with Crippen molar-refractivity contribution in [3.05, 3.63) is 20.8 Å². The van der Waals surface area contributed by atoms with Gasteiger partial charge >= 0.3 is 0 Å². The maximum absolute atomic E-state index is 6.95. The molecule has 18 heavy (non-hydrogen) atoms. The van der Waals surface area contributed by atoms with Crippen LogP contribution in [-0.4, -0.2) is 0 Å². The zero-order valence-electron chi connectivity index (χ0n) is 10.4. The van der Waals surface area contributed by atoms with Crippen molar-refractivity contribution >= 4 is 38.9 Å². The molecule has 1 unspecified atom stereocenters. The zero-order valence-corrected chi connectivity index (χ0v) is 13.5. The average Bonchev–Trinajstić information content (AvgIpc) is 2.72. The number of halogens is 2. The van der Waals surface area contributed by atoms with Gasteiger partial charge in [0.1, 0.15) is 0 Å². The lowest BCUT2D eigenvalue weighted by molar-refractivity contribution is -0.0548. The third kappa shape index (κ3) is 1.75. The molecule has 3 heteroatoms. The molecular weight excluding hydrogens is 328 g/mol. The Morgan fingerprint density at radius 2 is 1.72 bits per heavy atom. The molecule has 0 amide bonds. The van der Waals surface area contributed by atoms with Crippen LogP contribution in [0.3, 0.4) is 0 Å². The maximum Gasteiger partial charge on any atom is 0.0746 e. The second kappa shape index (κ2) is 4.23. The summed E-state index contributed by atoms with van der Waals surface area (Å²) in [6.07, 6.45) is 8.64. The first-order valence-electron chi connectivity index (χ1n) is 7.03. The van der Waals surface area contributed by atoms with Gasteiger partial charge in [0.25, 0.3) is 0 Å². The van der Waals surface area contributed by atoms with Gasteiger partial charge in [-0.3, -0.25) is 0 Å². The molecule has 1 heterocycles. The van der Waals surface area contributed by atoms with Gasteiger partial charge in [-0.25, -0.2) is 0 Å². The van der Waals surface area contributed by atoms with Crippen LogP contribution < -0.4 is 0 Å². The first kappa shape index (κ1) is 12.2. The first-order valence-corrected chi connectivity index (χ1v) is 9.14. The summed E-state index contributed by atoms with van der Waals surface area (Å²) in [5.74, 6) is 2.95. The zero-order chi connectivity index (χ0) is 12.3. The van der Waals surface area contributed by atoms with Gasteiger partial charge in [-0.15, -0.1) is 22.9 Å². The Morgan fingerprint density at radius 3 is 2.17 bits per heavy atom. The minimum absolute atomic E-state index is 0.236. The molecule has 5 rings (SSSR count). The van der Waals surface area contributed by atoms with Gasteiger partial charge in [0.2, 0.25) is 0 Å². The van der Waals surface area contributed by atoms with E-state index in [1.807, 2.05) is 11.3 Å². The highest BCUT2D eigenvalue weighted by Gasteiger charge is 2.54. The lowest BCUT2D eigenvalue weighted by Crippen LogP contribution is -2.47. The van der Waals surface area contributed by atoms with Crippen LogP contribution in [0.1, 0.15) is 48.8 Å². The molecule has 0 nitrogen and oxygen atoms in total. The van der Waals surface area contributed by atoms with Gasteiger partial charge < -0.3 is 0 Å². The van der Waals surface area contributed by atoms with Gasteiger partial charge in [-0.1, -0.05) is 0 Å². The van der Waals surface area contributed by atoms with Crippen molar-refractivity contribution in [3.8, 4) is 0 Å². The van der Waals surface area contributed by atoms with E-state index < -0.39 is 0 Å². The normalized spacial score (nSPS) is 43.3. The molecule has 4 bridgehead atoms. The van der Waals surface area contributed by atoms with Gasteiger partial charge in [0.15, 0.2) is 0 Å². The van der Waals surface area contributed by atoms with Crippen molar-refractivity contribution in [2.75, 3.05) is 0 Å². The van der Waals surface area contributed by atoms with Crippen LogP contribution in [0.25, 0.3) is 0 Å². The summed E-state index contributed by atoms with van der Waals surface area (Å²) in [5, 5.41) is 2.40. The Morgan fingerprint density at radius 1 is 1.17 bits per heavy atom. The molecule has 0 spiro atoms. The molecule has 4 aliphatic rings. The van der Waals surface area contributed by atoms with Crippen molar-refractivity contribution in [1.29, 1.82) is 0 Å². The molecule has 0 aliphatic heterocycles. The van der Waals surface area contributed by atoms with Crippen molar-refractivity contribution < 1.29 is 0 Å². The molecule has 1 aromatic heterocycles. The lowest BCUT2D eigenvalue weighted by Gasteiger charge is -2.58. The molecule has 0 aromatic carbocycles. The number of hydrogen-bond acceptors (Lipinski definition) is 1. The molecule has 4 saturated carbocycles. The van der Waals surface area contributed by atoms with Gasteiger partial charge in [0.05, 0.1) is 5.38 Å². The minimum atomic E-state index is 0.236. The fourth-order valence-electron chi connectivity index (χ4n) is 5.25. The van der Waals surface area contributed by atoms with E-state index >= 15 is 0 Å². The smallest absolute Gasteiger partial charge is 0.0746 e. The van der Waals surface area contributed by atoms with Crippen molar-refractivity contribution in [2.45, 2.75) is 43.9 Å². The topological polar surface area (TPSA) is 0 Å². The summed E-state index contributed by atoms with van der Waals surface area (Å²) in [6, 6.07) is 2.15. The average molecular weight is 346 g/mol. The highest BCUT2D eigenvalue weighted by atomic mass is 79.9. The standard InChI is InChI=1S/C15H18BrClS/c16-12-1-2-18-13(12)14(17)15-6-9-3-10(7-15)5-11(4-9)8-15/h1-2,9-11,14H,3-8H2. The molecular formula is C15H18BrClS. The largest absolute Gasteiger partial charge is 0.146 e. The van der Waals surface area contributed by atoms with Gasteiger partial charge in [-0.2, -0.15) is 0 Å². The van der Waals surface area contributed by atoms with E-state index in [1.165, 1.54) is 47.9 Å². The van der Waals surface area contributed by atoms with Crippen molar-refractivity contribution in [2.24, 2.45) is 23.2 Å². The predicted molar refractivity (Wildman–Crippen MR) is 81.2 cm³/mol. The second-order valence-corrected chi connectivity index (χ2v) is 9.01. The van der Waals surface area contributed by atoms with Crippen LogP contribution in [0, 0.1) is 23.2 Å². The summed E-state index contributed by atoms with van der Waals surface area (Å²) in [4.78, 5) is 1.37. The number of hydrogen-bond donors (Lipinski definition) is 0. The summed E-state index contributed by atoms with van der Waals surface area (Å²) in [7, 11) is 0. The molecule has 4 aliphatic carbocycles. The van der Waals surface area contributed by atoms with E-state index in [1.54, 1.807) is 0 Å². The molecule has 0 saturated heterocycles. The van der Waals surface area contributed by atoms with Crippen LogP contribution in [-0.2, 0) is 0 Å². The summed E-state index contributed by atoms with van der Waals surface area (Å²) in [5.41, 5.74) is 0.420. The third-order valence-electron chi connectivity index (χ3n) is 5.50. The van der Waals surface area contributed by atoms with Crippen LogP contribution in [0.4, 0.5) is 0 Å². The quantitative estimate of drug-likeness (QED) is 0.576. The van der Waals surface area contributed by atoms with E-state index in [9.17, 15) is 0 Å². The van der Waals surface area contributed by atoms with Gasteiger partial charge in [-0.05, 0) is 89.1 Å². The van der Waals surface area contributed by atoms with Crippen LogP contribution >= 0.6 is 38.9 Å². The van der Waals surface area contributed by atoms with Crippen molar-refractivity contribution in [3.63, 3.8) is 0 Å². The molecule has 1 atom stereocenters. The number of rotatable bonds is 2. The van der Waals surface area contributed by atoms with Crippen LogP contribution in [0.5, 0.6) is 0 Å². The monoisotopic (exact) mass is 344 g/mol. The second-order valence-electron chi connectivity index (χ2n) is 6.78. The summed E-state index contributed by atoms with van der Waals surface area (Å²) < 4.78 is 1.23. The van der Waals surface area contributed by atoms with Gasteiger partial charge in [0, 0.05) is 9.35 Å². The Labute approximate surface area is 126 Å². The Kier molecular flexibility index (Phi) is 2.87. The van der Waals surface area contributed by atoms with E-state index in [0.29, 0.717) is 5.41 Å². The molecule has 4 fully saturated rings. The van der Waals surface area contributed by atoms with E-state index in [4.69, 9.17) is 11.6 Å². The Hall–Kier alpha value is 0.470. The van der Waals surface area contributed by atoms with Crippen LogP contribution in [0.2, 0.25) is 0 Å². The van der Waals surface area contributed by atoms with Crippen LogP contribution in [0.15, 0.2) is 15.9 Å². The first-order chi connectivity index (χ1) is 8.66.